The number of nitrogens with one attached hydrogen (secondary N) is 1. The number of fused-ring (bicyclic) bond motifs is 1. The van der Waals surface area contributed by atoms with E-state index >= 15 is 0 Å². The number of pyridine rings is 1. The van der Waals surface area contributed by atoms with Crippen LogP contribution in [0.25, 0.3) is 11.0 Å². The number of amides is 1. The smallest absolute Gasteiger partial charge is 0.264 e. The SMILES string of the molecule is Cc1nn(CC(=O)Nc2ccn(Cc3ccccc3F)n2)c2nc(C3CC3)cc(C(F)F)c12. The van der Waals surface area contributed by atoms with E-state index in [1.54, 1.807) is 37.4 Å². The number of alkyl halides is 2. The first-order valence-electron chi connectivity index (χ1n) is 10.6. The quantitative estimate of drug-likeness (QED) is 0.444. The van der Waals surface area contributed by atoms with Crippen molar-refractivity contribution in [2.24, 2.45) is 0 Å². The molecular weight excluding hydrogens is 433 g/mol. The highest BCUT2D eigenvalue weighted by atomic mass is 19.3. The Balaban J connectivity index is 1.35. The first kappa shape index (κ1) is 21.2. The average molecular weight is 454 g/mol. The Bertz CT molecular complexity index is 1340. The fourth-order valence-electron chi connectivity index (χ4n) is 3.91. The lowest BCUT2D eigenvalue weighted by Crippen LogP contribution is -2.20. The van der Waals surface area contributed by atoms with Crippen LogP contribution in [-0.2, 0) is 17.9 Å². The highest BCUT2D eigenvalue weighted by molar-refractivity contribution is 5.91. The average Bonchev–Trinajstić information content (AvgIpc) is 3.47. The molecule has 3 aromatic heterocycles. The van der Waals surface area contributed by atoms with Crippen LogP contribution in [-0.4, -0.2) is 30.5 Å². The van der Waals surface area contributed by atoms with E-state index in [-0.39, 0.29) is 41.4 Å². The molecule has 1 N–H and O–H groups in total. The third kappa shape index (κ3) is 4.33. The zero-order chi connectivity index (χ0) is 23.1. The summed E-state index contributed by atoms with van der Waals surface area (Å²) < 4.78 is 44.1. The highest BCUT2D eigenvalue weighted by Crippen LogP contribution is 2.41. The van der Waals surface area contributed by atoms with Crippen LogP contribution in [0.5, 0.6) is 0 Å². The molecule has 1 aliphatic rings. The second-order valence-electron chi connectivity index (χ2n) is 8.19. The van der Waals surface area contributed by atoms with Gasteiger partial charge in [0.2, 0.25) is 5.91 Å². The third-order valence-corrected chi connectivity index (χ3v) is 5.65. The predicted octanol–water partition coefficient (Wildman–Crippen LogP) is 4.58. The van der Waals surface area contributed by atoms with E-state index in [2.05, 4.69) is 20.5 Å². The van der Waals surface area contributed by atoms with Crippen molar-refractivity contribution >= 4 is 22.8 Å². The molecule has 1 fully saturated rings. The first-order valence-corrected chi connectivity index (χ1v) is 10.6. The number of hydrogen-bond acceptors (Lipinski definition) is 4. The number of hydrogen-bond donors (Lipinski definition) is 1. The van der Waals surface area contributed by atoms with Crippen LogP contribution in [0.3, 0.4) is 0 Å². The molecule has 0 saturated heterocycles. The number of aryl methyl sites for hydroxylation is 1. The summed E-state index contributed by atoms with van der Waals surface area (Å²) in [5, 5.41) is 11.5. The van der Waals surface area contributed by atoms with E-state index in [1.807, 2.05) is 0 Å². The Morgan fingerprint density at radius 2 is 2.00 bits per heavy atom. The molecule has 1 amide bonds. The molecule has 0 atom stereocenters. The van der Waals surface area contributed by atoms with Crippen molar-refractivity contribution in [2.75, 3.05) is 5.32 Å². The third-order valence-electron chi connectivity index (χ3n) is 5.65. The van der Waals surface area contributed by atoms with Crippen molar-refractivity contribution in [1.29, 1.82) is 0 Å². The number of carbonyl (C=O) groups excluding carboxylic acids is 1. The minimum absolute atomic E-state index is 0.0991. The monoisotopic (exact) mass is 454 g/mol. The summed E-state index contributed by atoms with van der Waals surface area (Å²) in [6.45, 7) is 1.65. The number of nitrogens with zero attached hydrogens (tertiary/aromatic N) is 5. The summed E-state index contributed by atoms with van der Waals surface area (Å²) in [6, 6.07) is 9.46. The molecule has 33 heavy (non-hydrogen) atoms. The van der Waals surface area contributed by atoms with Gasteiger partial charge in [0, 0.05) is 35.0 Å². The van der Waals surface area contributed by atoms with Gasteiger partial charge in [0.15, 0.2) is 11.5 Å². The molecule has 1 saturated carbocycles. The largest absolute Gasteiger partial charge is 0.308 e. The Kier molecular flexibility index (Phi) is 5.35. The Morgan fingerprint density at radius 3 is 2.73 bits per heavy atom. The molecule has 5 rings (SSSR count). The molecule has 7 nitrogen and oxygen atoms in total. The summed E-state index contributed by atoms with van der Waals surface area (Å²) >= 11 is 0. The fraction of sp³-hybridized carbons (Fsp3) is 0.304. The van der Waals surface area contributed by atoms with Crippen LogP contribution in [0.1, 0.15) is 47.7 Å². The van der Waals surface area contributed by atoms with E-state index in [4.69, 9.17) is 0 Å². The molecule has 1 aromatic carbocycles. The lowest BCUT2D eigenvalue weighted by Gasteiger charge is -2.08. The van der Waals surface area contributed by atoms with E-state index in [1.165, 1.54) is 21.5 Å². The maximum absolute atomic E-state index is 13.9. The van der Waals surface area contributed by atoms with E-state index in [0.29, 0.717) is 22.8 Å². The molecule has 0 radical (unpaired) electrons. The van der Waals surface area contributed by atoms with Gasteiger partial charge in [0.1, 0.15) is 12.4 Å². The Hall–Kier alpha value is -3.69. The number of rotatable bonds is 7. The minimum atomic E-state index is -2.66. The van der Waals surface area contributed by atoms with Gasteiger partial charge in [-0.05, 0) is 31.9 Å². The molecule has 0 unspecified atom stereocenters. The normalized spacial score (nSPS) is 13.7. The lowest BCUT2D eigenvalue weighted by molar-refractivity contribution is -0.116. The van der Waals surface area contributed by atoms with Crippen LogP contribution in [0.2, 0.25) is 0 Å². The van der Waals surface area contributed by atoms with Crippen molar-refractivity contribution in [3.05, 3.63) is 70.9 Å². The zero-order valence-corrected chi connectivity index (χ0v) is 17.8. The van der Waals surface area contributed by atoms with Gasteiger partial charge in [-0.3, -0.25) is 9.48 Å². The first-order chi connectivity index (χ1) is 15.9. The van der Waals surface area contributed by atoms with Gasteiger partial charge in [-0.15, -0.1) is 0 Å². The van der Waals surface area contributed by atoms with Crippen molar-refractivity contribution in [3.63, 3.8) is 0 Å². The van der Waals surface area contributed by atoms with Crippen LogP contribution >= 0.6 is 0 Å². The molecule has 0 bridgehead atoms. The summed E-state index contributed by atoms with van der Waals surface area (Å²) in [4.78, 5) is 17.2. The zero-order valence-electron chi connectivity index (χ0n) is 17.8. The van der Waals surface area contributed by atoms with Gasteiger partial charge in [-0.25, -0.2) is 22.8 Å². The molecule has 10 heteroatoms. The van der Waals surface area contributed by atoms with Gasteiger partial charge in [-0.1, -0.05) is 18.2 Å². The number of benzene rings is 1. The number of halogens is 3. The molecule has 1 aliphatic carbocycles. The van der Waals surface area contributed by atoms with Gasteiger partial charge >= 0.3 is 0 Å². The summed E-state index contributed by atoms with van der Waals surface area (Å²) in [5.74, 6) is -0.277. The van der Waals surface area contributed by atoms with Gasteiger partial charge in [0.05, 0.1) is 17.6 Å². The van der Waals surface area contributed by atoms with E-state index in [9.17, 15) is 18.0 Å². The van der Waals surface area contributed by atoms with Gasteiger partial charge in [-0.2, -0.15) is 10.2 Å². The Labute approximate surface area is 187 Å². The molecule has 0 spiro atoms. The molecule has 0 aliphatic heterocycles. The van der Waals surface area contributed by atoms with Crippen molar-refractivity contribution in [2.45, 2.75) is 45.2 Å². The van der Waals surface area contributed by atoms with Crippen LogP contribution < -0.4 is 5.32 Å². The van der Waals surface area contributed by atoms with Crippen LogP contribution in [0.15, 0.2) is 42.6 Å². The van der Waals surface area contributed by atoms with Gasteiger partial charge < -0.3 is 5.32 Å². The van der Waals surface area contributed by atoms with E-state index in [0.717, 1.165) is 12.8 Å². The molecule has 3 heterocycles. The van der Waals surface area contributed by atoms with Crippen LogP contribution in [0, 0.1) is 12.7 Å². The van der Waals surface area contributed by atoms with Gasteiger partial charge in [0.25, 0.3) is 6.43 Å². The molecule has 170 valence electrons. The second kappa shape index (κ2) is 8.34. The minimum Gasteiger partial charge on any atom is -0.308 e. The fourth-order valence-corrected chi connectivity index (χ4v) is 3.91. The standard InChI is InChI=1S/C23H21F3N6O/c1-13-21-16(22(25)26)10-18(14-6-7-14)27-23(21)32(29-13)12-20(33)28-19-8-9-31(30-19)11-15-4-2-3-5-17(15)24/h2-5,8-10,14,22H,6-7,11-12H2,1H3,(H,28,30,33). The molecular formula is C23H21F3N6O. The summed E-state index contributed by atoms with van der Waals surface area (Å²) in [6.07, 6.45) is 0.819. The topological polar surface area (TPSA) is 77.6 Å². The number of aromatic nitrogens is 5. The van der Waals surface area contributed by atoms with Crippen LogP contribution in [0.4, 0.5) is 19.0 Å². The number of carbonyl (C=O) groups is 1. The lowest BCUT2D eigenvalue weighted by atomic mass is 10.1. The van der Waals surface area contributed by atoms with E-state index < -0.39 is 12.3 Å². The summed E-state index contributed by atoms with van der Waals surface area (Å²) in [7, 11) is 0. The van der Waals surface area contributed by atoms with Crippen molar-refractivity contribution < 1.29 is 18.0 Å². The maximum Gasteiger partial charge on any atom is 0.264 e. The number of anilines is 1. The molecule has 4 aromatic rings. The second-order valence-corrected chi connectivity index (χ2v) is 8.19. The van der Waals surface area contributed by atoms with Crippen molar-refractivity contribution in [1.82, 2.24) is 24.5 Å². The maximum atomic E-state index is 13.9. The predicted molar refractivity (Wildman–Crippen MR) is 116 cm³/mol. The summed E-state index contributed by atoms with van der Waals surface area (Å²) in [5.41, 5.74) is 1.68. The van der Waals surface area contributed by atoms with Crippen molar-refractivity contribution in [3.8, 4) is 0 Å². The highest BCUT2D eigenvalue weighted by Gasteiger charge is 2.29. The Morgan fingerprint density at radius 1 is 1.21 bits per heavy atom.